The van der Waals surface area contributed by atoms with E-state index in [0.29, 0.717) is 31.6 Å². The molecule has 0 aliphatic heterocycles. The Morgan fingerprint density at radius 3 is 2.89 bits per heavy atom. The van der Waals surface area contributed by atoms with Crippen LogP contribution in [0.5, 0.6) is 0 Å². The topological polar surface area (TPSA) is 41.1 Å². The van der Waals surface area contributed by atoms with Gasteiger partial charge in [0.05, 0.1) is 5.02 Å². The fourth-order valence-corrected chi connectivity index (χ4v) is 1.66. The minimum atomic E-state index is -0.420. The van der Waals surface area contributed by atoms with Gasteiger partial charge >= 0.3 is 0 Å². The molecule has 0 heterocycles. The molecule has 0 aromatic heterocycles. The van der Waals surface area contributed by atoms with Crippen molar-refractivity contribution in [2.45, 2.75) is 26.3 Å². The molecule has 0 aliphatic rings. The molecule has 2 N–H and O–H groups in total. The molecule has 1 rings (SSSR count). The van der Waals surface area contributed by atoms with Crippen LogP contribution in [0.4, 0.5) is 4.39 Å². The molecule has 18 heavy (non-hydrogen) atoms. The van der Waals surface area contributed by atoms with E-state index in [1.165, 1.54) is 6.07 Å². The quantitative estimate of drug-likeness (QED) is 0.749. The van der Waals surface area contributed by atoms with Crippen molar-refractivity contribution < 1.29 is 9.18 Å². The van der Waals surface area contributed by atoms with Crippen molar-refractivity contribution >= 4 is 17.5 Å². The van der Waals surface area contributed by atoms with Crippen LogP contribution < -0.4 is 10.6 Å². The van der Waals surface area contributed by atoms with Gasteiger partial charge in [-0.2, -0.15) is 0 Å². The highest BCUT2D eigenvalue weighted by Crippen LogP contribution is 2.19. The standard InChI is InChI=1S/C13H18ClFN2O/c1-2-7-17-12(18)6-8-16-9-10-4-3-5-11(15)13(10)14/h3-5,16H,2,6-9H2,1H3,(H,17,18). The fraction of sp³-hybridized carbons (Fsp3) is 0.462. The summed E-state index contributed by atoms with van der Waals surface area (Å²) in [6, 6.07) is 4.70. The van der Waals surface area contributed by atoms with Crippen LogP contribution in [0.15, 0.2) is 18.2 Å². The average molecular weight is 273 g/mol. The second-order valence-electron chi connectivity index (χ2n) is 3.99. The van der Waals surface area contributed by atoms with Gasteiger partial charge in [0.1, 0.15) is 5.82 Å². The molecule has 100 valence electrons. The molecule has 0 atom stereocenters. The summed E-state index contributed by atoms with van der Waals surface area (Å²) in [5.41, 5.74) is 0.700. The first-order valence-corrected chi connectivity index (χ1v) is 6.43. The summed E-state index contributed by atoms with van der Waals surface area (Å²) < 4.78 is 13.1. The molecule has 0 fully saturated rings. The molecular formula is C13H18ClFN2O. The summed E-state index contributed by atoms with van der Waals surface area (Å²) in [6.07, 6.45) is 1.34. The third kappa shape index (κ3) is 5.02. The summed E-state index contributed by atoms with van der Waals surface area (Å²) in [4.78, 5) is 11.3. The third-order valence-corrected chi connectivity index (χ3v) is 2.87. The third-order valence-electron chi connectivity index (χ3n) is 2.45. The summed E-state index contributed by atoms with van der Waals surface area (Å²) in [5, 5.41) is 5.99. The molecule has 0 radical (unpaired) electrons. The Hall–Kier alpha value is -1.13. The van der Waals surface area contributed by atoms with Crippen molar-refractivity contribution in [2.75, 3.05) is 13.1 Å². The summed E-state index contributed by atoms with van der Waals surface area (Å²) in [5.74, 6) is -0.397. The van der Waals surface area contributed by atoms with Gasteiger partial charge in [-0.3, -0.25) is 4.79 Å². The van der Waals surface area contributed by atoms with Crippen LogP contribution in [0.25, 0.3) is 0 Å². The maximum Gasteiger partial charge on any atom is 0.221 e. The van der Waals surface area contributed by atoms with Crippen LogP contribution in [0, 0.1) is 5.82 Å². The van der Waals surface area contributed by atoms with E-state index in [1.807, 2.05) is 6.92 Å². The van der Waals surface area contributed by atoms with Gasteiger partial charge in [0.15, 0.2) is 0 Å². The molecule has 0 saturated heterocycles. The molecule has 0 saturated carbocycles. The predicted octanol–water partition coefficient (Wildman–Crippen LogP) is 2.49. The lowest BCUT2D eigenvalue weighted by Crippen LogP contribution is -2.28. The van der Waals surface area contributed by atoms with Gasteiger partial charge in [-0.1, -0.05) is 30.7 Å². The lowest BCUT2D eigenvalue weighted by molar-refractivity contribution is -0.120. The van der Waals surface area contributed by atoms with Gasteiger partial charge in [0, 0.05) is 26.1 Å². The zero-order chi connectivity index (χ0) is 13.4. The van der Waals surface area contributed by atoms with E-state index in [-0.39, 0.29) is 10.9 Å². The van der Waals surface area contributed by atoms with E-state index < -0.39 is 5.82 Å². The number of rotatable bonds is 7. The normalized spacial score (nSPS) is 10.4. The van der Waals surface area contributed by atoms with Crippen molar-refractivity contribution in [1.29, 1.82) is 0 Å². The average Bonchev–Trinajstić information content (AvgIpc) is 2.37. The van der Waals surface area contributed by atoms with Crippen LogP contribution in [0.3, 0.4) is 0 Å². The number of hydrogen-bond donors (Lipinski definition) is 2. The zero-order valence-corrected chi connectivity index (χ0v) is 11.2. The second-order valence-corrected chi connectivity index (χ2v) is 4.37. The highest BCUT2D eigenvalue weighted by Gasteiger charge is 2.05. The Kier molecular flexibility index (Phi) is 6.68. The largest absolute Gasteiger partial charge is 0.356 e. The first-order chi connectivity index (χ1) is 8.65. The molecule has 0 spiro atoms. The van der Waals surface area contributed by atoms with E-state index in [1.54, 1.807) is 12.1 Å². The number of benzene rings is 1. The summed E-state index contributed by atoms with van der Waals surface area (Å²) in [7, 11) is 0. The van der Waals surface area contributed by atoms with Crippen LogP contribution in [0.1, 0.15) is 25.3 Å². The summed E-state index contributed by atoms with van der Waals surface area (Å²) in [6.45, 7) is 3.71. The molecular weight excluding hydrogens is 255 g/mol. The van der Waals surface area contributed by atoms with Crippen LogP contribution >= 0.6 is 11.6 Å². The lowest BCUT2D eigenvalue weighted by atomic mass is 10.2. The van der Waals surface area contributed by atoms with Gasteiger partial charge in [-0.25, -0.2) is 4.39 Å². The Morgan fingerprint density at radius 1 is 1.39 bits per heavy atom. The fourth-order valence-electron chi connectivity index (χ4n) is 1.46. The number of halogens is 2. The van der Waals surface area contributed by atoms with Crippen molar-refractivity contribution in [1.82, 2.24) is 10.6 Å². The lowest BCUT2D eigenvalue weighted by Gasteiger charge is -2.07. The maximum atomic E-state index is 13.1. The molecule has 0 aliphatic carbocycles. The molecule has 0 unspecified atom stereocenters. The molecule has 1 aromatic carbocycles. The Balaban J connectivity index is 2.25. The van der Waals surface area contributed by atoms with E-state index in [0.717, 1.165) is 6.42 Å². The Bertz CT molecular complexity index is 399. The minimum absolute atomic E-state index is 0.0229. The predicted molar refractivity (Wildman–Crippen MR) is 71.0 cm³/mol. The molecule has 3 nitrogen and oxygen atoms in total. The number of nitrogens with one attached hydrogen (secondary N) is 2. The van der Waals surface area contributed by atoms with E-state index in [9.17, 15) is 9.18 Å². The number of amides is 1. The van der Waals surface area contributed by atoms with Gasteiger partial charge in [-0.15, -0.1) is 0 Å². The van der Waals surface area contributed by atoms with Gasteiger partial charge in [0.2, 0.25) is 5.91 Å². The van der Waals surface area contributed by atoms with Crippen molar-refractivity contribution in [2.24, 2.45) is 0 Å². The van der Waals surface area contributed by atoms with Crippen LogP contribution in [-0.2, 0) is 11.3 Å². The Labute approximate surface area is 112 Å². The minimum Gasteiger partial charge on any atom is -0.356 e. The monoisotopic (exact) mass is 272 g/mol. The molecule has 1 amide bonds. The van der Waals surface area contributed by atoms with Crippen LogP contribution in [0.2, 0.25) is 5.02 Å². The second kappa shape index (κ2) is 8.06. The zero-order valence-electron chi connectivity index (χ0n) is 10.4. The van der Waals surface area contributed by atoms with E-state index in [4.69, 9.17) is 11.6 Å². The first kappa shape index (κ1) is 14.9. The SMILES string of the molecule is CCCNC(=O)CCNCc1cccc(F)c1Cl. The number of carbonyl (C=O) groups excluding carboxylic acids is 1. The van der Waals surface area contributed by atoms with E-state index >= 15 is 0 Å². The van der Waals surface area contributed by atoms with Gasteiger partial charge in [0.25, 0.3) is 0 Å². The smallest absolute Gasteiger partial charge is 0.221 e. The number of carbonyl (C=O) groups is 1. The molecule has 5 heteroatoms. The van der Waals surface area contributed by atoms with E-state index in [2.05, 4.69) is 10.6 Å². The van der Waals surface area contributed by atoms with Gasteiger partial charge < -0.3 is 10.6 Å². The van der Waals surface area contributed by atoms with Gasteiger partial charge in [-0.05, 0) is 18.1 Å². The van der Waals surface area contributed by atoms with Crippen molar-refractivity contribution in [3.05, 3.63) is 34.6 Å². The number of hydrogen-bond acceptors (Lipinski definition) is 2. The van der Waals surface area contributed by atoms with Crippen molar-refractivity contribution in [3.63, 3.8) is 0 Å². The maximum absolute atomic E-state index is 13.1. The Morgan fingerprint density at radius 2 is 2.17 bits per heavy atom. The van der Waals surface area contributed by atoms with Crippen LogP contribution in [-0.4, -0.2) is 19.0 Å². The summed E-state index contributed by atoms with van der Waals surface area (Å²) >= 11 is 5.81. The van der Waals surface area contributed by atoms with Crippen molar-refractivity contribution in [3.8, 4) is 0 Å². The molecule has 1 aromatic rings. The highest BCUT2D eigenvalue weighted by atomic mass is 35.5. The molecule has 0 bridgehead atoms. The first-order valence-electron chi connectivity index (χ1n) is 6.05. The highest BCUT2D eigenvalue weighted by molar-refractivity contribution is 6.31.